The summed E-state index contributed by atoms with van der Waals surface area (Å²) in [7, 11) is 0. The van der Waals surface area contributed by atoms with E-state index < -0.39 is 0 Å². The molecule has 2 heterocycles. The number of carbonyl (C=O) groups excluding carboxylic acids is 1. The molecule has 0 aliphatic rings. The van der Waals surface area contributed by atoms with Gasteiger partial charge in [0.2, 0.25) is 0 Å². The molecule has 6 nitrogen and oxygen atoms in total. The van der Waals surface area contributed by atoms with Crippen molar-refractivity contribution in [1.82, 2.24) is 15.0 Å². The molecule has 2 aromatic heterocycles. The third kappa shape index (κ3) is 3.89. The highest BCUT2D eigenvalue weighted by Crippen LogP contribution is 2.24. The van der Waals surface area contributed by atoms with Crippen molar-refractivity contribution < 1.29 is 11.0 Å². The zero-order valence-corrected chi connectivity index (χ0v) is 13.4. The average Bonchev–Trinajstić information content (AvgIpc) is 2.93. The number of aromatic nitrogens is 3. The zero-order chi connectivity index (χ0) is 16.2. The molecule has 118 valence electrons. The van der Waals surface area contributed by atoms with Crippen LogP contribution in [-0.4, -0.2) is 20.9 Å². The van der Waals surface area contributed by atoms with Crippen LogP contribution >= 0.6 is 11.3 Å². The van der Waals surface area contributed by atoms with Crippen LogP contribution in [0.5, 0.6) is 11.5 Å². The van der Waals surface area contributed by atoms with Crippen LogP contribution in [0, 0.1) is 13.8 Å². The summed E-state index contributed by atoms with van der Waals surface area (Å²) in [6.45, 7) is 3.84. The largest absolute Gasteiger partial charge is 0.454 e. The second-order valence-corrected chi connectivity index (χ2v) is 6.18. The van der Waals surface area contributed by atoms with Gasteiger partial charge in [-0.3, -0.25) is 10.1 Å². The topological polar surface area (TPSA) is 77.0 Å². The fourth-order valence-corrected chi connectivity index (χ4v) is 2.65. The van der Waals surface area contributed by atoms with Crippen molar-refractivity contribution in [3.8, 4) is 11.5 Å². The number of rotatable bonds is 4. The molecule has 0 unspecified atom stereocenters. The molecule has 0 saturated carbocycles. The van der Waals surface area contributed by atoms with E-state index in [0.717, 1.165) is 10.4 Å². The van der Waals surface area contributed by atoms with E-state index in [9.17, 15) is 4.79 Å². The number of aryl methyl sites for hydroxylation is 2. The molecule has 0 fully saturated rings. The van der Waals surface area contributed by atoms with E-state index in [1.807, 2.05) is 19.9 Å². The van der Waals surface area contributed by atoms with Gasteiger partial charge in [-0.25, -0.2) is 15.0 Å². The van der Waals surface area contributed by atoms with Gasteiger partial charge in [0.15, 0.2) is 10.9 Å². The molecule has 1 N–H and O–H groups in total. The van der Waals surface area contributed by atoms with Gasteiger partial charge in [-0.1, -0.05) is 0 Å². The number of thiazole rings is 1. The summed E-state index contributed by atoms with van der Waals surface area (Å²) < 4.78 is 5.69. The maximum Gasteiger partial charge on any atom is 0.257 e. The second kappa shape index (κ2) is 6.53. The number of ether oxygens (including phenoxy) is 1. The van der Waals surface area contributed by atoms with Gasteiger partial charge in [0.05, 0.1) is 12.4 Å². The van der Waals surface area contributed by atoms with Gasteiger partial charge in [-0.2, -0.15) is 0 Å². The Hall–Kier alpha value is -2.80. The maximum atomic E-state index is 12.4. The lowest BCUT2D eigenvalue weighted by Gasteiger charge is -2.08. The Labute approximate surface area is 138 Å². The lowest BCUT2D eigenvalue weighted by atomic mass is 10.1. The van der Waals surface area contributed by atoms with E-state index in [2.05, 4.69) is 20.3 Å². The first-order chi connectivity index (χ1) is 11.1. The Morgan fingerprint density at radius 1 is 1.13 bits per heavy atom. The zero-order valence-electron chi connectivity index (χ0n) is 12.6. The highest BCUT2D eigenvalue weighted by molar-refractivity contribution is 7.15. The van der Waals surface area contributed by atoms with Crippen molar-refractivity contribution in [2.24, 2.45) is 0 Å². The Morgan fingerprint density at radius 3 is 2.61 bits per heavy atom. The summed E-state index contributed by atoms with van der Waals surface area (Å²) in [5.41, 5.74) is 1.42. The lowest BCUT2D eigenvalue weighted by Crippen LogP contribution is -2.12. The van der Waals surface area contributed by atoms with Crippen LogP contribution in [0.2, 0.25) is 0 Å². The summed E-state index contributed by atoms with van der Waals surface area (Å²) in [6.07, 6.45) is 6.28. The Balaban J connectivity index is 0.00000208. The van der Waals surface area contributed by atoms with Gasteiger partial charge in [-0.15, -0.1) is 11.3 Å². The number of hydrogen-bond acceptors (Lipinski definition) is 6. The monoisotopic (exact) mass is 328 g/mol. The lowest BCUT2D eigenvalue weighted by molar-refractivity contribution is 0.102. The van der Waals surface area contributed by atoms with Crippen molar-refractivity contribution in [2.45, 2.75) is 13.8 Å². The number of anilines is 1. The Morgan fingerprint density at radius 2 is 1.91 bits per heavy atom. The van der Waals surface area contributed by atoms with Gasteiger partial charge in [0.1, 0.15) is 12.1 Å². The van der Waals surface area contributed by atoms with Gasteiger partial charge >= 0.3 is 0 Å². The molecule has 1 amide bonds. The van der Waals surface area contributed by atoms with Gasteiger partial charge in [0.25, 0.3) is 5.91 Å². The van der Waals surface area contributed by atoms with Gasteiger partial charge < -0.3 is 4.74 Å². The molecule has 0 bridgehead atoms. The predicted octanol–water partition coefficient (Wildman–Crippen LogP) is 3.84. The summed E-state index contributed by atoms with van der Waals surface area (Å²) in [5, 5.41) is 3.36. The van der Waals surface area contributed by atoms with E-state index in [-0.39, 0.29) is 7.33 Å². The molecule has 0 aliphatic heterocycles. The van der Waals surface area contributed by atoms with Crippen molar-refractivity contribution in [3.63, 3.8) is 0 Å². The molecular formula is C16H16N4O2S. The maximum absolute atomic E-state index is 12.4. The van der Waals surface area contributed by atoms with Crippen LogP contribution in [-0.2, 0) is 0 Å². The Bertz CT molecular complexity index is 839. The standard InChI is InChI=1S/C16H14N4O2S.H2/c1-10-3-12(15(21)20-16-19-6-11(2)23-16)5-13(4-10)22-14-7-17-9-18-8-14;/h3-9H,1-2H3,(H,19,20,21);1H. The van der Waals surface area contributed by atoms with Crippen LogP contribution in [0.25, 0.3) is 0 Å². The number of hydrogen-bond donors (Lipinski definition) is 1. The smallest absolute Gasteiger partial charge is 0.257 e. The first-order valence-corrected chi connectivity index (χ1v) is 7.70. The molecule has 23 heavy (non-hydrogen) atoms. The summed E-state index contributed by atoms with van der Waals surface area (Å²) >= 11 is 1.43. The quantitative estimate of drug-likeness (QED) is 0.787. The minimum absolute atomic E-state index is 0. The number of nitrogens with zero attached hydrogens (tertiary/aromatic N) is 3. The summed E-state index contributed by atoms with van der Waals surface area (Å²) in [6, 6.07) is 5.32. The molecule has 0 radical (unpaired) electrons. The number of amides is 1. The molecule has 0 aliphatic carbocycles. The molecular weight excluding hydrogens is 312 g/mol. The minimum Gasteiger partial charge on any atom is -0.454 e. The fourth-order valence-electron chi connectivity index (χ4n) is 1.99. The van der Waals surface area contributed by atoms with Crippen molar-refractivity contribution >= 4 is 22.4 Å². The SMILES string of the molecule is Cc1cc(Oc2cncnc2)cc(C(=O)Nc2ncc(C)s2)c1.[HH]. The highest BCUT2D eigenvalue weighted by atomic mass is 32.1. The molecule has 0 atom stereocenters. The molecule has 1 aromatic carbocycles. The van der Waals surface area contributed by atoms with Gasteiger partial charge in [-0.05, 0) is 37.6 Å². The van der Waals surface area contributed by atoms with Gasteiger partial charge in [0, 0.05) is 18.1 Å². The molecule has 7 heteroatoms. The third-order valence-corrected chi connectivity index (χ3v) is 3.76. The predicted molar refractivity (Wildman–Crippen MR) is 90.2 cm³/mol. The van der Waals surface area contributed by atoms with E-state index in [1.54, 1.807) is 30.7 Å². The van der Waals surface area contributed by atoms with E-state index in [1.165, 1.54) is 17.7 Å². The van der Waals surface area contributed by atoms with E-state index >= 15 is 0 Å². The molecule has 0 saturated heterocycles. The molecule has 0 spiro atoms. The second-order valence-electron chi connectivity index (χ2n) is 4.94. The number of nitrogens with one attached hydrogen (secondary N) is 1. The highest BCUT2D eigenvalue weighted by Gasteiger charge is 2.11. The molecule has 3 rings (SSSR count). The summed E-state index contributed by atoms with van der Waals surface area (Å²) in [5.74, 6) is 0.845. The van der Waals surface area contributed by atoms with Crippen molar-refractivity contribution in [1.29, 1.82) is 0 Å². The van der Waals surface area contributed by atoms with E-state index in [0.29, 0.717) is 22.2 Å². The van der Waals surface area contributed by atoms with Crippen LogP contribution in [0.1, 0.15) is 22.2 Å². The fraction of sp³-hybridized carbons (Fsp3) is 0.125. The van der Waals surface area contributed by atoms with E-state index in [4.69, 9.17) is 4.74 Å². The Kier molecular flexibility index (Phi) is 4.29. The third-order valence-electron chi connectivity index (χ3n) is 2.93. The average molecular weight is 328 g/mol. The summed E-state index contributed by atoms with van der Waals surface area (Å²) in [4.78, 5) is 25.3. The minimum atomic E-state index is -0.225. The first-order valence-electron chi connectivity index (χ1n) is 6.88. The van der Waals surface area contributed by atoms with Crippen LogP contribution in [0.3, 0.4) is 0 Å². The van der Waals surface area contributed by atoms with Crippen LogP contribution in [0.15, 0.2) is 43.1 Å². The van der Waals surface area contributed by atoms with Crippen LogP contribution < -0.4 is 10.1 Å². The number of carbonyl (C=O) groups is 1. The molecule has 3 aromatic rings. The van der Waals surface area contributed by atoms with Crippen molar-refractivity contribution in [2.75, 3.05) is 5.32 Å². The first kappa shape index (κ1) is 15.1. The van der Waals surface area contributed by atoms with Crippen molar-refractivity contribution in [3.05, 3.63) is 59.1 Å². The normalized spacial score (nSPS) is 10.3. The van der Waals surface area contributed by atoms with Crippen LogP contribution in [0.4, 0.5) is 5.13 Å². The number of benzene rings is 1.